The summed E-state index contributed by atoms with van der Waals surface area (Å²) in [6, 6.07) is 0. The van der Waals surface area contributed by atoms with Crippen molar-refractivity contribution in [2.75, 3.05) is 13.1 Å². The second-order valence-corrected chi connectivity index (χ2v) is 4.60. The van der Waals surface area contributed by atoms with Gasteiger partial charge in [-0.2, -0.15) is 13.2 Å². The number of aliphatic hydroxyl groups is 1. The zero-order chi connectivity index (χ0) is 12.7. The molecule has 17 heavy (non-hydrogen) atoms. The number of amides is 1. The van der Waals surface area contributed by atoms with Gasteiger partial charge in [0.15, 0.2) is 5.60 Å². The van der Waals surface area contributed by atoms with E-state index in [1.54, 1.807) is 0 Å². The van der Waals surface area contributed by atoms with Gasteiger partial charge in [0.05, 0.1) is 12.1 Å². The fourth-order valence-corrected chi connectivity index (χ4v) is 2.20. The number of rotatable bonds is 1. The summed E-state index contributed by atoms with van der Waals surface area (Å²) in [5.41, 5.74) is -1.25. The molecule has 0 bridgehead atoms. The third-order valence-corrected chi connectivity index (χ3v) is 3.30. The van der Waals surface area contributed by atoms with Crippen molar-refractivity contribution in [2.24, 2.45) is 0 Å². The first kappa shape index (κ1) is 12.3. The molecule has 2 rings (SSSR count). The zero-order valence-corrected chi connectivity index (χ0v) is 9.38. The van der Waals surface area contributed by atoms with Crippen molar-refractivity contribution in [3.8, 4) is 0 Å². The summed E-state index contributed by atoms with van der Waals surface area (Å²) in [7, 11) is 0. The molecule has 1 aromatic heterocycles. The Labute approximate surface area is 98.7 Å². The van der Waals surface area contributed by atoms with Crippen LogP contribution in [0.1, 0.15) is 16.9 Å². The monoisotopic (exact) mass is 266 g/mol. The lowest BCUT2D eigenvalue weighted by Gasteiger charge is -2.25. The number of halogens is 3. The van der Waals surface area contributed by atoms with Gasteiger partial charge in [-0.1, -0.05) is 0 Å². The molecule has 0 saturated carbocycles. The van der Waals surface area contributed by atoms with Crippen molar-refractivity contribution < 1.29 is 23.1 Å². The van der Waals surface area contributed by atoms with Crippen molar-refractivity contribution in [1.82, 2.24) is 9.88 Å². The van der Waals surface area contributed by atoms with Crippen LogP contribution in [0.15, 0.2) is 10.9 Å². The average Bonchev–Trinajstić information content (AvgIpc) is 2.84. The van der Waals surface area contributed by atoms with Gasteiger partial charge in [0.25, 0.3) is 5.91 Å². The molecule has 1 aromatic rings. The summed E-state index contributed by atoms with van der Waals surface area (Å²) in [4.78, 5) is 16.4. The number of alkyl halides is 3. The van der Waals surface area contributed by atoms with Crippen LogP contribution < -0.4 is 0 Å². The molecule has 0 radical (unpaired) electrons. The molecule has 1 fully saturated rings. The number of hydrogen-bond donors (Lipinski definition) is 1. The van der Waals surface area contributed by atoms with Crippen molar-refractivity contribution in [2.45, 2.75) is 18.2 Å². The summed E-state index contributed by atoms with van der Waals surface area (Å²) in [5, 5.41) is 10.9. The lowest BCUT2D eigenvalue weighted by molar-refractivity contribution is -0.253. The predicted molar refractivity (Wildman–Crippen MR) is 53.6 cm³/mol. The Bertz CT molecular complexity index is 420. The zero-order valence-electron chi connectivity index (χ0n) is 8.57. The number of nitrogens with zero attached hydrogens (tertiary/aromatic N) is 2. The first-order chi connectivity index (χ1) is 7.83. The number of β-amino-alcohol motifs (C(OH)–C–C–N with tert-alkyl or cyclic N) is 1. The van der Waals surface area contributed by atoms with E-state index < -0.39 is 30.7 Å². The lowest BCUT2D eigenvalue weighted by Crippen LogP contribution is -2.48. The average molecular weight is 266 g/mol. The molecule has 94 valence electrons. The van der Waals surface area contributed by atoms with Crippen LogP contribution in [0.2, 0.25) is 0 Å². The summed E-state index contributed by atoms with van der Waals surface area (Å²) in [5.74, 6) is -0.577. The minimum atomic E-state index is -4.72. The van der Waals surface area contributed by atoms with E-state index in [1.165, 1.54) is 22.2 Å². The number of carbonyl (C=O) groups excluding carboxylic acids is 1. The van der Waals surface area contributed by atoms with E-state index in [4.69, 9.17) is 0 Å². The van der Waals surface area contributed by atoms with Gasteiger partial charge < -0.3 is 10.0 Å². The molecule has 8 heteroatoms. The Morgan fingerprint density at radius 2 is 2.29 bits per heavy atom. The van der Waals surface area contributed by atoms with Crippen LogP contribution in [0.5, 0.6) is 0 Å². The van der Waals surface area contributed by atoms with Crippen LogP contribution in [0.25, 0.3) is 0 Å². The number of aromatic nitrogens is 1. The SMILES string of the molecule is O=C(c1cscn1)N1CCC(O)(C(F)(F)F)C1. The summed E-state index contributed by atoms with van der Waals surface area (Å²) in [6.07, 6.45) is -5.21. The molecule has 1 amide bonds. The van der Waals surface area contributed by atoms with Crippen LogP contribution in [0, 0.1) is 0 Å². The second kappa shape index (κ2) is 3.95. The maximum Gasteiger partial charge on any atom is 0.419 e. The predicted octanol–water partition coefficient (Wildman–Crippen LogP) is 1.28. The summed E-state index contributed by atoms with van der Waals surface area (Å²) < 4.78 is 37.6. The molecule has 4 nitrogen and oxygen atoms in total. The maximum atomic E-state index is 12.5. The highest BCUT2D eigenvalue weighted by Crippen LogP contribution is 2.37. The number of hydrogen-bond acceptors (Lipinski definition) is 4. The van der Waals surface area contributed by atoms with Crippen molar-refractivity contribution in [3.05, 3.63) is 16.6 Å². The minimum Gasteiger partial charge on any atom is -0.379 e. The Balaban J connectivity index is 2.11. The van der Waals surface area contributed by atoms with Gasteiger partial charge in [0, 0.05) is 18.3 Å². The van der Waals surface area contributed by atoms with Gasteiger partial charge in [-0.05, 0) is 0 Å². The van der Waals surface area contributed by atoms with Crippen LogP contribution in [-0.4, -0.2) is 45.8 Å². The highest BCUT2D eigenvalue weighted by molar-refractivity contribution is 7.07. The first-order valence-electron chi connectivity index (χ1n) is 4.80. The molecular weight excluding hydrogens is 257 g/mol. The Kier molecular flexibility index (Phi) is 2.86. The molecule has 1 N–H and O–H groups in total. The van der Waals surface area contributed by atoms with E-state index in [-0.39, 0.29) is 12.2 Å². The Hall–Kier alpha value is -1.15. The van der Waals surface area contributed by atoms with E-state index >= 15 is 0 Å². The molecule has 1 atom stereocenters. The van der Waals surface area contributed by atoms with E-state index in [9.17, 15) is 23.1 Å². The van der Waals surface area contributed by atoms with Crippen molar-refractivity contribution in [3.63, 3.8) is 0 Å². The fourth-order valence-electron chi connectivity index (χ4n) is 1.68. The highest BCUT2D eigenvalue weighted by atomic mass is 32.1. The Morgan fingerprint density at radius 3 is 2.76 bits per heavy atom. The molecule has 1 aliphatic heterocycles. The molecule has 1 unspecified atom stereocenters. The van der Waals surface area contributed by atoms with Gasteiger partial charge in [0.1, 0.15) is 5.69 Å². The number of carbonyl (C=O) groups is 1. The summed E-state index contributed by atoms with van der Waals surface area (Å²) >= 11 is 1.19. The van der Waals surface area contributed by atoms with Crippen molar-refractivity contribution >= 4 is 17.2 Å². The molecule has 0 spiro atoms. The molecule has 0 aliphatic carbocycles. The largest absolute Gasteiger partial charge is 0.419 e. The van der Waals surface area contributed by atoms with Gasteiger partial charge in [-0.3, -0.25) is 4.79 Å². The van der Waals surface area contributed by atoms with Crippen LogP contribution in [-0.2, 0) is 0 Å². The molecule has 1 aliphatic rings. The van der Waals surface area contributed by atoms with Crippen LogP contribution in [0.4, 0.5) is 13.2 Å². The number of likely N-dealkylation sites (tertiary alicyclic amines) is 1. The van der Waals surface area contributed by atoms with Crippen molar-refractivity contribution in [1.29, 1.82) is 0 Å². The minimum absolute atomic E-state index is 0.112. The maximum absolute atomic E-state index is 12.5. The van der Waals surface area contributed by atoms with Gasteiger partial charge in [0.2, 0.25) is 0 Å². The quantitative estimate of drug-likeness (QED) is 0.833. The summed E-state index contributed by atoms with van der Waals surface area (Å²) in [6.45, 7) is -0.848. The standard InChI is InChI=1S/C9H9F3N2O2S/c10-9(11,12)8(16)1-2-14(4-8)7(15)6-3-17-5-13-6/h3,5,16H,1-2,4H2. The third kappa shape index (κ3) is 2.14. The topological polar surface area (TPSA) is 53.4 Å². The van der Waals surface area contributed by atoms with Gasteiger partial charge in [-0.15, -0.1) is 11.3 Å². The molecule has 1 saturated heterocycles. The van der Waals surface area contributed by atoms with E-state index in [1.807, 2.05) is 0 Å². The van der Waals surface area contributed by atoms with Gasteiger partial charge >= 0.3 is 6.18 Å². The highest BCUT2D eigenvalue weighted by Gasteiger charge is 2.57. The fraction of sp³-hybridized carbons (Fsp3) is 0.556. The number of thiazole rings is 1. The normalized spacial score (nSPS) is 25.3. The van der Waals surface area contributed by atoms with Crippen LogP contribution in [0.3, 0.4) is 0 Å². The second-order valence-electron chi connectivity index (χ2n) is 3.88. The van der Waals surface area contributed by atoms with Crippen LogP contribution >= 0.6 is 11.3 Å². The molecular formula is C9H9F3N2O2S. The first-order valence-corrected chi connectivity index (χ1v) is 5.74. The Morgan fingerprint density at radius 1 is 1.59 bits per heavy atom. The third-order valence-electron chi connectivity index (χ3n) is 2.71. The van der Waals surface area contributed by atoms with Gasteiger partial charge in [-0.25, -0.2) is 4.98 Å². The smallest absolute Gasteiger partial charge is 0.379 e. The molecule has 2 heterocycles. The lowest BCUT2D eigenvalue weighted by atomic mass is 10.0. The van der Waals surface area contributed by atoms with E-state index in [2.05, 4.69) is 4.98 Å². The van der Waals surface area contributed by atoms with E-state index in [0.717, 1.165) is 4.90 Å². The van der Waals surface area contributed by atoms with E-state index in [0.29, 0.717) is 0 Å². The molecule has 0 aromatic carbocycles.